The van der Waals surface area contributed by atoms with E-state index in [0.29, 0.717) is 25.4 Å². The zero-order valence-electron chi connectivity index (χ0n) is 15.4. The number of unbranched alkanes of at least 4 members (excludes halogenated alkanes) is 9. The molecule has 0 bridgehead atoms. The van der Waals surface area contributed by atoms with E-state index in [2.05, 4.69) is 11.3 Å². The van der Waals surface area contributed by atoms with Crippen molar-refractivity contribution in [2.24, 2.45) is 0 Å². The predicted molar refractivity (Wildman–Crippen MR) is 94.9 cm³/mol. The van der Waals surface area contributed by atoms with E-state index in [1.165, 1.54) is 38.5 Å². The van der Waals surface area contributed by atoms with Crippen LogP contribution in [0.4, 0.5) is 4.79 Å². The van der Waals surface area contributed by atoms with E-state index >= 15 is 0 Å². The number of carbonyl (C=O) groups excluding carboxylic acids is 2. The lowest BCUT2D eigenvalue weighted by atomic mass is 10.1. The van der Waals surface area contributed by atoms with Gasteiger partial charge >= 0.3 is 12.1 Å². The Morgan fingerprint density at radius 2 is 1.12 bits per heavy atom. The Bertz CT molecular complexity index is 352. The Balaban J connectivity index is 3.14. The van der Waals surface area contributed by atoms with Crippen molar-refractivity contribution < 1.29 is 23.8 Å². The molecule has 140 valence electrons. The third-order valence-electron chi connectivity index (χ3n) is 3.60. The van der Waals surface area contributed by atoms with Gasteiger partial charge in [-0.3, -0.25) is 0 Å². The number of carbonyl (C=O) groups is 2. The fourth-order valence-corrected chi connectivity index (χ4v) is 2.22. The van der Waals surface area contributed by atoms with Gasteiger partial charge in [0.05, 0.1) is 19.8 Å². The highest BCUT2D eigenvalue weighted by Crippen LogP contribution is 2.11. The Morgan fingerprint density at radius 3 is 1.54 bits per heavy atom. The summed E-state index contributed by atoms with van der Waals surface area (Å²) in [5.41, 5.74) is 0.461. The summed E-state index contributed by atoms with van der Waals surface area (Å²) >= 11 is 0. The van der Waals surface area contributed by atoms with Crippen molar-refractivity contribution in [1.82, 2.24) is 0 Å². The lowest BCUT2D eigenvalue weighted by Gasteiger charge is -2.05. The molecule has 0 aliphatic heterocycles. The molecular formula is C19H34O5. The molecule has 0 rings (SSSR count). The van der Waals surface area contributed by atoms with Crippen molar-refractivity contribution in [2.75, 3.05) is 19.8 Å². The Kier molecular flexibility index (Phi) is 15.3. The van der Waals surface area contributed by atoms with Crippen LogP contribution in [0.1, 0.15) is 78.1 Å². The van der Waals surface area contributed by atoms with Crippen LogP contribution in [0.25, 0.3) is 0 Å². The fraction of sp³-hybridized carbons (Fsp3) is 0.789. The maximum Gasteiger partial charge on any atom is 0.508 e. The normalized spacial score (nSPS) is 10.2. The summed E-state index contributed by atoms with van der Waals surface area (Å²) < 4.78 is 14.6. The summed E-state index contributed by atoms with van der Waals surface area (Å²) in [5, 5.41) is 0. The molecule has 24 heavy (non-hydrogen) atoms. The average Bonchev–Trinajstić information content (AvgIpc) is 2.55. The SMILES string of the molecule is C=C(C)C(=O)OCCCCCCCCCCCCOC(=O)OCC. The van der Waals surface area contributed by atoms with Gasteiger partial charge in [-0.15, -0.1) is 0 Å². The van der Waals surface area contributed by atoms with E-state index in [1.54, 1.807) is 13.8 Å². The topological polar surface area (TPSA) is 61.8 Å². The van der Waals surface area contributed by atoms with Crippen LogP contribution in [0.2, 0.25) is 0 Å². The zero-order valence-corrected chi connectivity index (χ0v) is 15.4. The van der Waals surface area contributed by atoms with E-state index in [-0.39, 0.29) is 5.97 Å². The molecule has 0 amide bonds. The van der Waals surface area contributed by atoms with Crippen molar-refractivity contribution >= 4 is 12.1 Å². The Morgan fingerprint density at radius 1 is 0.708 bits per heavy atom. The third kappa shape index (κ3) is 15.4. The van der Waals surface area contributed by atoms with Crippen molar-refractivity contribution in [1.29, 1.82) is 0 Å². The summed E-state index contributed by atoms with van der Waals surface area (Å²) in [6.45, 7) is 8.29. The molecule has 0 spiro atoms. The molecule has 0 heterocycles. The second-order valence-electron chi connectivity index (χ2n) is 5.98. The first-order chi connectivity index (χ1) is 11.6. The van der Waals surface area contributed by atoms with Gasteiger partial charge in [-0.1, -0.05) is 57.9 Å². The van der Waals surface area contributed by atoms with E-state index in [1.807, 2.05) is 0 Å². The van der Waals surface area contributed by atoms with Crippen LogP contribution in [0, 0.1) is 0 Å². The molecule has 0 atom stereocenters. The summed E-state index contributed by atoms with van der Waals surface area (Å²) in [6, 6.07) is 0. The van der Waals surface area contributed by atoms with Gasteiger partial charge in [-0.2, -0.15) is 0 Å². The minimum absolute atomic E-state index is 0.289. The van der Waals surface area contributed by atoms with Gasteiger partial charge in [0.1, 0.15) is 0 Å². The van der Waals surface area contributed by atoms with Crippen molar-refractivity contribution in [2.45, 2.75) is 78.1 Å². The predicted octanol–water partition coefficient (Wildman–Crippen LogP) is 5.18. The maximum absolute atomic E-state index is 11.2. The summed E-state index contributed by atoms with van der Waals surface area (Å²) in [4.78, 5) is 22.1. The van der Waals surface area contributed by atoms with Crippen molar-refractivity contribution in [3.05, 3.63) is 12.2 Å². The highest BCUT2D eigenvalue weighted by Gasteiger charge is 2.02. The third-order valence-corrected chi connectivity index (χ3v) is 3.60. The molecule has 0 unspecified atom stereocenters. The molecule has 0 aromatic rings. The Labute approximate surface area is 146 Å². The second-order valence-corrected chi connectivity index (χ2v) is 5.98. The van der Waals surface area contributed by atoms with Gasteiger partial charge in [0.25, 0.3) is 0 Å². The van der Waals surface area contributed by atoms with Crippen LogP contribution in [-0.2, 0) is 19.0 Å². The van der Waals surface area contributed by atoms with Gasteiger partial charge in [-0.25, -0.2) is 9.59 Å². The van der Waals surface area contributed by atoms with Crippen molar-refractivity contribution in [3.63, 3.8) is 0 Å². The highest BCUT2D eigenvalue weighted by atomic mass is 16.7. The van der Waals surface area contributed by atoms with Crippen LogP contribution in [0.3, 0.4) is 0 Å². The average molecular weight is 342 g/mol. The van der Waals surface area contributed by atoms with Gasteiger partial charge in [0, 0.05) is 5.57 Å². The molecule has 5 nitrogen and oxygen atoms in total. The molecule has 0 saturated heterocycles. The van der Waals surface area contributed by atoms with E-state index in [9.17, 15) is 9.59 Å². The fourth-order valence-electron chi connectivity index (χ4n) is 2.22. The van der Waals surface area contributed by atoms with E-state index < -0.39 is 6.16 Å². The largest absolute Gasteiger partial charge is 0.508 e. The van der Waals surface area contributed by atoms with Crippen LogP contribution in [-0.4, -0.2) is 31.9 Å². The monoisotopic (exact) mass is 342 g/mol. The molecule has 5 heteroatoms. The standard InChI is InChI=1S/C19H34O5/c1-4-22-19(21)24-16-14-12-10-8-6-5-7-9-11-13-15-23-18(20)17(2)3/h2,4-16H2,1,3H3. The summed E-state index contributed by atoms with van der Waals surface area (Å²) in [7, 11) is 0. The van der Waals surface area contributed by atoms with Crippen molar-refractivity contribution in [3.8, 4) is 0 Å². The van der Waals surface area contributed by atoms with Crippen LogP contribution < -0.4 is 0 Å². The van der Waals surface area contributed by atoms with Crippen LogP contribution in [0.5, 0.6) is 0 Å². The smallest absolute Gasteiger partial charge is 0.462 e. The van der Waals surface area contributed by atoms with Crippen LogP contribution >= 0.6 is 0 Å². The first-order valence-corrected chi connectivity index (χ1v) is 9.20. The number of hydrogen-bond acceptors (Lipinski definition) is 5. The van der Waals surface area contributed by atoms with Gasteiger partial charge < -0.3 is 14.2 Å². The summed E-state index contributed by atoms with van der Waals surface area (Å²) in [6.07, 6.45) is 10.8. The molecule has 0 radical (unpaired) electrons. The highest BCUT2D eigenvalue weighted by molar-refractivity contribution is 5.86. The molecule has 0 fully saturated rings. The van der Waals surface area contributed by atoms with E-state index in [0.717, 1.165) is 25.7 Å². The lowest BCUT2D eigenvalue weighted by molar-refractivity contribution is -0.139. The minimum atomic E-state index is -0.563. The Hall–Kier alpha value is -1.52. The number of rotatable bonds is 15. The first-order valence-electron chi connectivity index (χ1n) is 9.20. The first kappa shape index (κ1) is 22.5. The number of ether oxygens (including phenoxy) is 3. The number of hydrogen-bond donors (Lipinski definition) is 0. The quantitative estimate of drug-likeness (QED) is 0.233. The minimum Gasteiger partial charge on any atom is -0.462 e. The lowest BCUT2D eigenvalue weighted by Crippen LogP contribution is -2.07. The maximum atomic E-state index is 11.2. The van der Waals surface area contributed by atoms with Gasteiger partial charge in [0.15, 0.2) is 0 Å². The molecule has 0 aromatic carbocycles. The molecule has 0 aromatic heterocycles. The van der Waals surface area contributed by atoms with Crippen LogP contribution in [0.15, 0.2) is 12.2 Å². The van der Waals surface area contributed by atoms with Gasteiger partial charge in [0.2, 0.25) is 0 Å². The second kappa shape index (κ2) is 16.3. The molecule has 0 aliphatic rings. The van der Waals surface area contributed by atoms with E-state index in [4.69, 9.17) is 9.47 Å². The molecule has 0 saturated carbocycles. The zero-order chi connectivity index (χ0) is 18.0. The molecule has 0 N–H and O–H groups in total. The molecule has 0 aliphatic carbocycles. The number of esters is 1. The van der Waals surface area contributed by atoms with Gasteiger partial charge in [-0.05, 0) is 26.7 Å². The molecular weight excluding hydrogens is 308 g/mol. The summed E-state index contributed by atoms with van der Waals surface area (Å²) in [5.74, 6) is -0.289.